The van der Waals surface area contributed by atoms with Gasteiger partial charge < -0.3 is 10.5 Å². The average Bonchev–Trinajstić information content (AvgIpc) is 2.46. The van der Waals surface area contributed by atoms with Gasteiger partial charge in [-0.15, -0.1) is 0 Å². The Morgan fingerprint density at radius 1 is 1.29 bits per heavy atom. The molecule has 0 aliphatic heterocycles. The van der Waals surface area contributed by atoms with Gasteiger partial charge in [0, 0.05) is 6.04 Å². The van der Waals surface area contributed by atoms with Crippen LogP contribution in [-0.4, -0.2) is 0 Å². The van der Waals surface area contributed by atoms with Crippen molar-refractivity contribution in [1.82, 2.24) is 0 Å². The van der Waals surface area contributed by atoms with E-state index < -0.39 is 0 Å². The van der Waals surface area contributed by atoms with Crippen LogP contribution in [0.1, 0.15) is 35.2 Å². The molecule has 0 unspecified atom stereocenters. The van der Waals surface area contributed by atoms with Crippen molar-refractivity contribution in [3.05, 3.63) is 63.7 Å². The molecule has 0 heterocycles. The Morgan fingerprint density at radius 2 is 2.05 bits per heavy atom. The van der Waals surface area contributed by atoms with Gasteiger partial charge in [0.05, 0.1) is 16.7 Å². The van der Waals surface area contributed by atoms with Crippen LogP contribution in [0.3, 0.4) is 0 Å². The molecule has 0 fully saturated rings. The molecule has 1 atom stereocenters. The molecule has 0 radical (unpaired) electrons. The number of halogens is 1. The van der Waals surface area contributed by atoms with Crippen molar-refractivity contribution in [3.63, 3.8) is 0 Å². The predicted octanol–water partition coefficient (Wildman–Crippen LogP) is 4.12. The molecular formula is C17H17ClN2O. The highest BCUT2D eigenvalue weighted by molar-refractivity contribution is 6.32. The lowest BCUT2D eigenvalue weighted by molar-refractivity contribution is 0.305. The highest BCUT2D eigenvalue weighted by Gasteiger charge is 2.07. The normalized spacial score (nSPS) is 11.8. The number of aryl methyl sites for hydroxylation is 1. The molecule has 0 saturated carbocycles. The summed E-state index contributed by atoms with van der Waals surface area (Å²) in [5.41, 5.74) is 9.50. The largest absolute Gasteiger partial charge is 0.487 e. The number of rotatable bonds is 4. The lowest BCUT2D eigenvalue weighted by Crippen LogP contribution is -2.05. The standard InChI is InChI=1S/C17H17ClN2O/c1-11-7-13(9-19)3-4-15(11)10-21-17-6-5-14(12(2)20)8-16(17)18/h3-8,12H,10,20H2,1-2H3/t12-/m0/s1. The van der Waals surface area contributed by atoms with Crippen LogP contribution in [0.2, 0.25) is 5.02 Å². The fourth-order valence-electron chi connectivity index (χ4n) is 2.00. The van der Waals surface area contributed by atoms with Gasteiger partial charge in [0.25, 0.3) is 0 Å². The summed E-state index contributed by atoms with van der Waals surface area (Å²) < 4.78 is 5.76. The molecule has 0 aliphatic rings. The average molecular weight is 301 g/mol. The number of ether oxygens (including phenoxy) is 1. The first-order valence-corrected chi connectivity index (χ1v) is 7.06. The van der Waals surface area contributed by atoms with Gasteiger partial charge in [-0.1, -0.05) is 23.7 Å². The van der Waals surface area contributed by atoms with Crippen LogP contribution in [0.25, 0.3) is 0 Å². The van der Waals surface area contributed by atoms with Crippen LogP contribution in [-0.2, 0) is 6.61 Å². The molecule has 0 amide bonds. The van der Waals surface area contributed by atoms with E-state index in [1.807, 2.05) is 44.2 Å². The van der Waals surface area contributed by atoms with Crippen molar-refractivity contribution in [2.45, 2.75) is 26.5 Å². The number of nitrogens with zero attached hydrogens (tertiary/aromatic N) is 1. The first kappa shape index (κ1) is 15.4. The van der Waals surface area contributed by atoms with Gasteiger partial charge in [-0.25, -0.2) is 0 Å². The van der Waals surface area contributed by atoms with E-state index >= 15 is 0 Å². The summed E-state index contributed by atoms with van der Waals surface area (Å²) in [6.45, 7) is 4.28. The van der Waals surface area contributed by atoms with E-state index in [1.165, 1.54) is 0 Å². The van der Waals surface area contributed by atoms with Crippen molar-refractivity contribution in [2.75, 3.05) is 0 Å². The Labute approximate surface area is 129 Å². The molecule has 2 rings (SSSR count). The number of hydrogen-bond donors (Lipinski definition) is 1. The van der Waals surface area contributed by atoms with E-state index in [4.69, 9.17) is 27.3 Å². The third-order valence-corrected chi connectivity index (χ3v) is 3.63. The predicted molar refractivity (Wildman–Crippen MR) is 84.3 cm³/mol. The maximum absolute atomic E-state index is 8.86. The summed E-state index contributed by atoms with van der Waals surface area (Å²) in [5, 5.41) is 9.41. The molecule has 4 heteroatoms. The molecule has 0 spiro atoms. The number of hydrogen-bond acceptors (Lipinski definition) is 3. The van der Waals surface area contributed by atoms with Crippen LogP contribution >= 0.6 is 11.6 Å². The maximum Gasteiger partial charge on any atom is 0.138 e. The second kappa shape index (κ2) is 6.62. The zero-order chi connectivity index (χ0) is 15.4. The third kappa shape index (κ3) is 3.75. The minimum atomic E-state index is -0.0580. The lowest BCUT2D eigenvalue weighted by Gasteiger charge is -2.12. The van der Waals surface area contributed by atoms with Crippen LogP contribution in [0.15, 0.2) is 36.4 Å². The molecule has 2 aromatic rings. The summed E-state index contributed by atoms with van der Waals surface area (Å²) in [4.78, 5) is 0. The number of nitrogens with two attached hydrogens (primary N) is 1. The molecule has 0 bridgehead atoms. The molecule has 2 N–H and O–H groups in total. The molecule has 2 aromatic carbocycles. The maximum atomic E-state index is 8.86. The number of nitriles is 1. The van der Waals surface area contributed by atoms with Crippen molar-refractivity contribution in [3.8, 4) is 11.8 Å². The minimum absolute atomic E-state index is 0.0580. The van der Waals surface area contributed by atoms with Gasteiger partial charge in [-0.2, -0.15) is 5.26 Å². The van der Waals surface area contributed by atoms with E-state index in [0.29, 0.717) is 22.9 Å². The van der Waals surface area contributed by atoms with E-state index in [1.54, 1.807) is 6.07 Å². The van der Waals surface area contributed by atoms with Gasteiger partial charge >= 0.3 is 0 Å². The van der Waals surface area contributed by atoms with E-state index in [2.05, 4.69) is 6.07 Å². The zero-order valence-corrected chi connectivity index (χ0v) is 12.8. The van der Waals surface area contributed by atoms with Crippen molar-refractivity contribution < 1.29 is 4.74 Å². The smallest absolute Gasteiger partial charge is 0.138 e. The molecular weight excluding hydrogens is 284 g/mol. The van der Waals surface area contributed by atoms with Crippen LogP contribution < -0.4 is 10.5 Å². The second-order valence-corrected chi connectivity index (χ2v) is 5.43. The van der Waals surface area contributed by atoms with Crippen molar-refractivity contribution in [1.29, 1.82) is 5.26 Å². The topological polar surface area (TPSA) is 59.0 Å². The summed E-state index contributed by atoms with van der Waals surface area (Å²) in [6, 6.07) is 13.2. The monoisotopic (exact) mass is 300 g/mol. The Kier molecular flexibility index (Phi) is 4.85. The Morgan fingerprint density at radius 3 is 2.62 bits per heavy atom. The quantitative estimate of drug-likeness (QED) is 0.924. The minimum Gasteiger partial charge on any atom is -0.487 e. The molecule has 0 aliphatic carbocycles. The highest BCUT2D eigenvalue weighted by atomic mass is 35.5. The first-order valence-electron chi connectivity index (χ1n) is 6.68. The molecule has 0 aromatic heterocycles. The molecule has 21 heavy (non-hydrogen) atoms. The van der Waals surface area contributed by atoms with Crippen molar-refractivity contribution >= 4 is 11.6 Å². The molecule has 3 nitrogen and oxygen atoms in total. The van der Waals surface area contributed by atoms with Crippen LogP contribution in [0.4, 0.5) is 0 Å². The summed E-state index contributed by atoms with van der Waals surface area (Å²) >= 11 is 6.20. The van der Waals surface area contributed by atoms with Gasteiger partial charge in [0.1, 0.15) is 12.4 Å². The highest BCUT2D eigenvalue weighted by Crippen LogP contribution is 2.28. The van der Waals surface area contributed by atoms with Gasteiger partial charge in [0.2, 0.25) is 0 Å². The summed E-state index contributed by atoms with van der Waals surface area (Å²) in [5.74, 6) is 0.629. The third-order valence-electron chi connectivity index (χ3n) is 3.34. The Balaban J connectivity index is 2.12. The first-order chi connectivity index (χ1) is 10.0. The lowest BCUT2D eigenvalue weighted by atomic mass is 10.1. The van der Waals surface area contributed by atoms with Gasteiger partial charge in [-0.3, -0.25) is 0 Å². The van der Waals surface area contributed by atoms with Gasteiger partial charge in [-0.05, 0) is 54.8 Å². The fourth-order valence-corrected chi connectivity index (χ4v) is 2.24. The molecule has 0 saturated heterocycles. The number of benzene rings is 2. The zero-order valence-electron chi connectivity index (χ0n) is 12.1. The van der Waals surface area contributed by atoms with Crippen LogP contribution in [0, 0.1) is 18.3 Å². The van der Waals surface area contributed by atoms with Crippen LogP contribution in [0.5, 0.6) is 5.75 Å². The van der Waals surface area contributed by atoms with E-state index in [-0.39, 0.29) is 6.04 Å². The fraction of sp³-hybridized carbons (Fsp3) is 0.235. The van der Waals surface area contributed by atoms with Gasteiger partial charge in [0.15, 0.2) is 0 Å². The molecule has 108 valence electrons. The Hall–Kier alpha value is -2.02. The SMILES string of the molecule is Cc1cc(C#N)ccc1COc1ccc([C@H](C)N)cc1Cl. The Bertz CT molecular complexity index is 690. The second-order valence-electron chi connectivity index (χ2n) is 5.02. The van der Waals surface area contributed by atoms with E-state index in [0.717, 1.165) is 16.7 Å². The summed E-state index contributed by atoms with van der Waals surface area (Å²) in [7, 11) is 0. The van der Waals surface area contributed by atoms with E-state index in [9.17, 15) is 0 Å². The summed E-state index contributed by atoms with van der Waals surface area (Å²) in [6.07, 6.45) is 0. The van der Waals surface area contributed by atoms with Crippen molar-refractivity contribution in [2.24, 2.45) is 5.73 Å².